The number of piperazine rings is 1. The summed E-state index contributed by atoms with van der Waals surface area (Å²) in [6.45, 7) is 8.76. The van der Waals surface area contributed by atoms with Crippen LogP contribution in [0.5, 0.6) is 0 Å². The fraction of sp³-hybridized carbons (Fsp3) is 0.667. The summed E-state index contributed by atoms with van der Waals surface area (Å²) in [6.07, 6.45) is 2.36. The summed E-state index contributed by atoms with van der Waals surface area (Å²) in [5, 5.41) is 3.75. The molecule has 1 aliphatic heterocycles. The molecule has 1 N–H and O–H groups in total. The van der Waals surface area contributed by atoms with Gasteiger partial charge in [0.15, 0.2) is 0 Å². The van der Waals surface area contributed by atoms with Crippen molar-refractivity contribution in [3.63, 3.8) is 0 Å². The molecule has 1 aliphatic rings. The van der Waals surface area contributed by atoms with Gasteiger partial charge >= 0.3 is 0 Å². The number of hydrogen-bond acceptors (Lipinski definition) is 3. The van der Waals surface area contributed by atoms with Crippen LogP contribution in [0.3, 0.4) is 0 Å². The van der Waals surface area contributed by atoms with Gasteiger partial charge in [0.2, 0.25) is 0 Å². The molecule has 0 aliphatic carbocycles. The zero-order valence-electron chi connectivity index (χ0n) is 13.7. The van der Waals surface area contributed by atoms with Crippen LogP contribution in [0.1, 0.15) is 38.3 Å². The lowest BCUT2D eigenvalue weighted by Gasteiger charge is -2.41. The Labute approximate surface area is 129 Å². The van der Waals surface area contributed by atoms with Crippen molar-refractivity contribution in [3.8, 4) is 0 Å². The van der Waals surface area contributed by atoms with Gasteiger partial charge < -0.3 is 10.1 Å². The van der Waals surface area contributed by atoms with Crippen LogP contribution < -0.4 is 5.32 Å². The van der Waals surface area contributed by atoms with Gasteiger partial charge in [0.1, 0.15) is 0 Å². The van der Waals surface area contributed by atoms with Crippen LogP contribution in [0.4, 0.5) is 0 Å². The highest BCUT2D eigenvalue weighted by Crippen LogP contribution is 2.25. The van der Waals surface area contributed by atoms with Crippen LogP contribution in [0.25, 0.3) is 0 Å². The van der Waals surface area contributed by atoms with Gasteiger partial charge in [-0.25, -0.2) is 0 Å². The average Bonchev–Trinajstić information content (AvgIpc) is 2.48. The van der Waals surface area contributed by atoms with E-state index in [1.165, 1.54) is 12.0 Å². The Hall–Kier alpha value is -0.900. The molecular formula is C18H30N2O. The predicted molar refractivity (Wildman–Crippen MR) is 88.5 cm³/mol. The minimum atomic E-state index is 0.492. The fourth-order valence-corrected chi connectivity index (χ4v) is 3.27. The summed E-state index contributed by atoms with van der Waals surface area (Å²) >= 11 is 0. The molecule has 0 aromatic heterocycles. The molecule has 1 heterocycles. The van der Waals surface area contributed by atoms with Gasteiger partial charge in [-0.3, -0.25) is 4.90 Å². The number of nitrogens with one attached hydrogen (secondary N) is 1. The zero-order valence-corrected chi connectivity index (χ0v) is 13.7. The first-order valence-corrected chi connectivity index (χ1v) is 8.22. The van der Waals surface area contributed by atoms with Crippen molar-refractivity contribution in [1.29, 1.82) is 0 Å². The van der Waals surface area contributed by atoms with Gasteiger partial charge in [-0.1, -0.05) is 44.2 Å². The first-order valence-electron chi connectivity index (χ1n) is 8.22. The molecule has 0 radical (unpaired) electrons. The SMILES string of the molecule is COCCCN1CC(CC(C)C)NCC1c1ccccc1. The van der Waals surface area contributed by atoms with Crippen LogP contribution in [0.2, 0.25) is 0 Å². The largest absolute Gasteiger partial charge is 0.385 e. The van der Waals surface area contributed by atoms with Crippen molar-refractivity contribution < 1.29 is 4.74 Å². The molecule has 0 saturated carbocycles. The molecule has 0 spiro atoms. The number of benzene rings is 1. The lowest BCUT2D eigenvalue weighted by molar-refractivity contribution is 0.104. The molecule has 2 unspecified atom stereocenters. The molecule has 3 heteroatoms. The smallest absolute Gasteiger partial charge is 0.0474 e. The van der Waals surface area contributed by atoms with Crippen molar-refractivity contribution >= 4 is 0 Å². The van der Waals surface area contributed by atoms with Crippen molar-refractivity contribution in [1.82, 2.24) is 10.2 Å². The molecule has 21 heavy (non-hydrogen) atoms. The van der Waals surface area contributed by atoms with Crippen molar-refractivity contribution in [2.45, 2.75) is 38.8 Å². The number of methoxy groups -OCH3 is 1. The fourth-order valence-electron chi connectivity index (χ4n) is 3.27. The third kappa shape index (κ3) is 5.10. The van der Waals surface area contributed by atoms with E-state index in [1.807, 2.05) is 0 Å². The van der Waals surface area contributed by atoms with Crippen LogP contribution in [0.15, 0.2) is 30.3 Å². The molecule has 1 fully saturated rings. The molecule has 118 valence electrons. The Morgan fingerprint density at radius 3 is 2.71 bits per heavy atom. The predicted octanol–water partition coefficient (Wildman–Crippen LogP) is 3.08. The van der Waals surface area contributed by atoms with Crippen molar-refractivity contribution in [2.24, 2.45) is 5.92 Å². The van der Waals surface area contributed by atoms with Crippen LogP contribution in [0, 0.1) is 5.92 Å². The molecule has 2 atom stereocenters. The summed E-state index contributed by atoms with van der Waals surface area (Å²) in [4.78, 5) is 2.64. The van der Waals surface area contributed by atoms with Gasteiger partial charge in [0, 0.05) is 45.4 Å². The van der Waals surface area contributed by atoms with Crippen molar-refractivity contribution in [3.05, 3.63) is 35.9 Å². The Bertz CT molecular complexity index is 393. The second-order valence-corrected chi connectivity index (χ2v) is 6.50. The summed E-state index contributed by atoms with van der Waals surface area (Å²) in [6, 6.07) is 12.0. The maximum absolute atomic E-state index is 5.22. The second kappa shape index (κ2) is 8.52. The number of ether oxygens (including phenoxy) is 1. The molecule has 0 amide bonds. The Balaban J connectivity index is 2.01. The van der Waals surface area contributed by atoms with E-state index >= 15 is 0 Å². The highest BCUT2D eigenvalue weighted by atomic mass is 16.5. The van der Waals surface area contributed by atoms with E-state index < -0.39 is 0 Å². The summed E-state index contributed by atoms with van der Waals surface area (Å²) in [7, 11) is 1.79. The highest BCUT2D eigenvalue weighted by molar-refractivity contribution is 5.20. The third-order valence-corrected chi connectivity index (χ3v) is 4.23. The van der Waals surface area contributed by atoms with Gasteiger partial charge in [0.25, 0.3) is 0 Å². The highest BCUT2D eigenvalue weighted by Gasteiger charge is 2.28. The lowest BCUT2D eigenvalue weighted by Crippen LogP contribution is -2.52. The monoisotopic (exact) mass is 290 g/mol. The maximum atomic E-state index is 5.22. The molecule has 1 aromatic rings. The molecule has 3 nitrogen and oxygen atoms in total. The first-order chi connectivity index (χ1) is 10.2. The van der Waals surface area contributed by atoms with Gasteiger partial charge in [-0.15, -0.1) is 0 Å². The van der Waals surface area contributed by atoms with E-state index in [4.69, 9.17) is 4.74 Å². The molecule has 1 saturated heterocycles. The standard InChI is InChI=1S/C18H30N2O/c1-15(2)12-17-14-20(10-7-11-21-3)18(13-19-17)16-8-5-4-6-9-16/h4-6,8-9,15,17-19H,7,10-14H2,1-3H3. The van der Waals surface area contributed by atoms with E-state index in [9.17, 15) is 0 Å². The Morgan fingerprint density at radius 1 is 1.29 bits per heavy atom. The number of hydrogen-bond donors (Lipinski definition) is 1. The summed E-state index contributed by atoms with van der Waals surface area (Å²) < 4.78 is 5.22. The molecule has 0 bridgehead atoms. The number of nitrogens with zero attached hydrogens (tertiary/aromatic N) is 1. The van der Waals surface area contributed by atoms with Gasteiger partial charge in [-0.05, 0) is 24.3 Å². The average molecular weight is 290 g/mol. The lowest BCUT2D eigenvalue weighted by atomic mass is 9.96. The van der Waals surface area contributed by atoms with E-state index in [2.05, 4.69) is 54.4 Å². The second-order valence-electron chi connectivity index (χ2n) is 6.50. The topological polar surface area (TPSA) is 24.5 Å². The quantitative estimate of drug-likeness (QED) is 0.781. The number of rotatable bonds is 7. The normalized spacial score (nSPS) is 23.6. The van der Waals surface area contributed by atoms with Gasteiger partial charge in [0.05, 0.1) is 0 Å². The van der Waals surface area contributed by atoms with Crippen molar-refractivity contribution in [2.75, 3.05) is 33.4 Å². The first kappa shape index (κ1) is 16.5. The van der Waals surface area contributed by atoms with E-state index in [0.29, 0.717) is 12.1 Å². The van der Waals surface area contributed by atoms with E-state index in [1.54, 1.807) is 7.11 Å². The minimum Gasteiger partial charge on any atom is -0.385 e. The van der Waals surface area contributed by atoms with E-state index in [0.717, 1.165) is 38.6 Å². The minimum absolute atomic E-state index is 0.492. The Kier molecular flexibility index (Phi) is 6.68. The summed E-state index contributed by atoms with van der Waals surface area (Å²) in [5.74, 6) is 0.747. The van der Waals surface area contributed by atoms with E-state index in [-0.39, 0.29) is 0 Å². The molecule has 1 aromatic carbocycles. The molecule has 2 rings (SSSR count). The van der Waals surface area contributed by atoms with Crippen LogP contribution >= 0.6 is 0 Å². The molecular weight excluding hydrogens is 260 g/mol. The van der Waals surface area contributed by atoms with Crippen LogP contribution in [-0.4, -0.2) is 44.3 Å². The maximum Gasteiger partial charge on any atom is 0.0474 e. The Morgan fingerprint density at radius 2 is 2.05 bits per heavy atom. The van der Waals surface area contributed by atoms with Crippen LogP contribution in [-0.2, 0) is 4.74 Å². The third-order valence-electron chi connectivity index (χ3n) is 4.23. The summed E-state index contributed by atoms with van der Waals surface area (Å²) in [5.41, 5.74) is 1.42. The zero-order chi connectivity index (χ0) is 15.1. The van der Waals surface area contributed by atoms with Gasteiger partial charge in [-0.2, -0.15) is 0 Å².